The van der Waals surface area contributed by atoms with Crippen molar-refractivity contribution in [2.45, 2.75) is 38.2 Å². The molecule has 0 aromatic heterocycles. The number of rotatable bonds is 2. The van der Waals surface area contributed by atoms with Crippen molar-refractivity contribution in [2.24, 2.45) is 11.7 Å². The monoisotopic (exact) mass is 193 g/mol. The SMILES string of the molecule is CC(C)(N)C(F)(F)C1CCOCC1. The van der Waals surface area contributed by atoms with Crippen LogP contribution in [0.5, 0.6) is 0 Å². The first kappa shape index (κ1) is 10.9. The fourth-order valence-electron chi connectivity index (χ4n) is 1.59. The van der Waals surface area contributed by atoms with Gasteiger partial charge in [0.2, 0.25) is 0 Å². The molecule has 1 aliphatic rings. The summed E-state index contributed by atoms with van der Waals surface area (Å²) in [5, 5.41) is 0. The first-order valence-corrected chi connectivity index (χ1v) is 4.60. The summed E-state index contributed by atoms with van der Waals surface area (Å²) < 4.78 is 32.3. The second kappa shape index (κ2) is 3.50. The maximum atomic E-state index is 13.6. The van der Waals surface area contributed by atoms with E-state index in [4.69, 9.17) is 10.5 Å². The molecule has 2 nitrogen and oxygen atoms in total. The summed E-state index contributed by atoms with van der Waals surface area (Å²) in [6.07, 6.45) is 0.821. The first-order valence-electron chi connectivity index (χ1n) is 4.60. The topological polar surface area (TPSA) is 35.2 Å². The van der Waals surface area contributed by atoms with E-state index in [0.29, 0.717) is 26.1 Å². The number of hydrogen-bond donors (Lipinski definition) is 1. The highest BCUT2D eigenvalue weighted by Gasteiger charge is 2.50. The van der Waals surface area contributed by atoms with Crippen LogP contribution in [0, 0.1) is 5.92 Å². The summed E-state index contributed by atoms with van der Waals surface area (Å²) in [6.45, 7) is 3.61. The van der Waals surface area contributed by atoms with Crippen LogP contribution in [-0.2, 0) is 4.74 Å². The van der Waals surface area contributed by atoms with E-state index in [-0.39, 0.29) is 0 Å². The summed E-state index contributed by atoms with van der Waals surface area (Å²) >= 11 is 0. The van der Waals surface area contributed by atoms with Crippen molar-refractivity contribution in [2.75, 3.05) is 13.2 Å². The quantitative estimate of drug-likeness (QED) is 0.725. The van der Waals surface area contributed by atoms with E-state index in [0.717, 1.165) is 0 Å². The van der Waals surface area contributed by atoms with Gasteiger partial charge in [0.1, 0.15) is 0 Å². The van der Waals surface area contributed by atoms with Gasteiger partial charge in [-0.25, -0.2) is 8.78 Å². The highest BCUT2D eigenvalue weighted by atomic mass is 19.3. The lowest BCUT2D eigenvalue weighted by molar-refractivity contribution is -0.136. The molecule has 1 saturated heterocycles. The first-order chi connectivity index (χ1) is 5.86. The fraction of sp³-hybridized carbons (Fsp3) is 1.00. The standard InChI is InChI=1S/C9H17F2NO/c1-8(2,12)9(10,11)7-3-5-13-6-4-7/h7H,3-6,12H2,1-2H3. The normalized spacial score (nSPS) is 21.9. The van der Waals surface area contributed by atoms with Gasteiger partial charge >= 0.3 is 0 Å². The van der Waals surface area contributed by atoms with E-state index < -0.39 is 17.4 Å². The van der Waals surface area contributed by atoms with Crippen LogP contribution in [0.2, 0.25) is 0 Å². The minimum atomic E-state index is -2.79. The molecule has 1 aliphatic heterocycles. The number of alkyl halides is 2. The largest absolute Gasteiger partial charge is 0.381 e. The second-order valence-corrected chi connectivity index (χ2v) is 4.23. The van der Waals surface area contributed by atoms with Gasteiger partial charge in [-0.15, -0.1) is 0 Å². The third kappa shape index (κ3) is 2.17. The van der Waals surface area contributed by atoms with Crippen molar-refractivity contribution < 1.29 is 13.5 Å². The van der Waals surface area contributed by atoms with Gasteiger partial charge in [-0.2, -0.15) is 0 Å². The van der Waals surface area contributed by atoms with E-state index in [2.05, 4.69) is 0 Å². The summed E-state index contributed by atoms with van der Waals surface area (Å²) in [5.41, 5.74) is 4.02. The van der Waals surface area contributed by atoms with Crippen molar-refractivity contribution in [1.29, 1.82) is 0 Å². The zero-order valence-corrected chi connectivity index (χ0v) is 8.15. The number of nitrogens with two attached hydrogens (primary N) is 1. The smallest absolute Gasteiger partial charge is 0.268 e. The Hall–Kier alpha value is -0.220. The molecular weight excluding hydrogens is 176 g/mol. The van der Waals surface area contributed by atoms with E-state index in [9.17, 15) is 8.78 Å². The predicted molar refractivity (Wildman–Crippen MR) is 46.8 cm³/mol. The van der Waals surface area contributed by atoms with Crippen LogP contribution in [0.15, 0.2) is 0 Å². The predicted octanol–water partition coefficient (Wildman–Crippen LogP) is 1.79. The van der Waals surface area contributed by atoms with Crippen molar-refractivity contribution >= 4 is 0 Å². The molecule has 2 N–H and O–H groups in total. The maximum Gasteiger partial charge on any atom is 0.268 e. The molecule has 1 rings (SSSR count). The van der Waals surface area contributed by atoms with Crippen LogP contribution in [0.3, 0.4) is 0 Å². The molecule has 13 heavy (non-hydrogen) atoms. The fourth-order valence-corrected chi connectivity index (χ4v) is 1.59. The lowest BCUT2D eigenvalue weighted by Gasteiger charge is -2.38. The minimum Gasteiger partial charge on any atom is -0.381 e. The Morgan fingerprint density at radius 3 is 2.08 bits per heavy atom. The molecule has 0 saturated carbocycles. The van der Waals surface area contributed by atoms with Crippen LogP contribution in [0.1, 0.15) is 26.7 Å². The average Bonchev–Trinajstić information content (AvgIpc) is 2.04. The Kier molecular flexibility index (Phi) is 2.92. The van der Waals surface area contributed by atoms with E-state index >= 15 is 0 Å². The molecule has 0 aromatic rings. The maximum absolute atomic E-state index is 13.6. The summed E-state index contributed by atoms with van der Waals surface area (Å²) in [5.74, 6) is -3.42. The number of hydrogen-bond acceptors (Lipinski definition) is 2. The van der Waals surface area contributed by atoms with Gasteiger partial charge in [-0.1, -0.05) is 0 Å². The molecule has 0 amide bonds. The molecule has 4 heteroatoms. The lowest BCUT2D eigenvalue weighted by Crippen LogP contribution is -2.55. The molecule has 0 radical (unpaired) electrons. The van der Waals surface area contributed by atoms with Crippen molar-refractivity contribution in [3.8, 4) is 0 Å². The Labute approximate surface area is 77.4 Å². The highest BCUT2D eigenvalue weighted by molar-refractivity contribution is 4.95. The van der Waals surface area contributed by atoms with Crippen molar-refractivity contribution in [3.05, 3.63) is 0 Å². The van der Waals surface area contributed by atoms with Crippen molar-refractivity contribution in [3.63, 3.8) is 0 Å². The zero-order valence-electron chi connectivity index (χ0n) is 8.15. The van der Waals surface area contributed by atoms with Crippen molar-refractivity contribution in [1.82, 2.24) is 0 Å². The Morgan fingerprint density at radius 1 is 1.23 bits per heavy atom. The molecule has 0 aliphatic carbocycles. The van der Waals surface area contributed by atoms with Crippen LogP contribution in [0.4, 0.5) is 8.78 Å². The van der Waals surface area contributed by atoms with Crippen LogP contribution in [0.25, 0.3) is 0 Å². The van der Waals surface area contributed by atoms with Gasteiger partial charge in [0.05, 0.1) is 5.54 Å². The van der Waals surface area contributed by atoms with E-state index in [1.807, 2.05) is 0 Å². The molecular formula is C9H17F2NO. The molecule has 1 fully saturated rings. The van der Waals surface area contributed by atoms with Gasteiger partial charge in [-0.3, -0.25) is 0 Å². The molecule has 0 aromatic carbocycles. The van der Waals surface area contributed by atoms with Gasteiger partial charge in [0, 0.05) is 19.1 Å². The summed E-state index contributed by atoms with van der Waals surface area (Å²) in [4.78, 5) is 0. The third-order valence-electron chi connectivity index (χ3n) is 2.59. The zero-order chi connectivity index (χ0) is 10.1. The lowest BCUT2D eigenvalue weighted by atomic mass is 9.82. The van der Waals surface area contributed by atoms with E-state index in [1.54, 1.807) is 0 Å². The summed E-state index contributed by atoms with van der Waals surface area (Å²) in [6, 6.07) is 0. The molecule has 78 valence electrons. The average molecular weight is 193 g/mol. The highest BCUT2D eigenvalue weighted by Crippen LogP contribution is 2.39. The van der Waals surface area contributed by atoms with Crippen LogP contribution >= 0.6 is 0 Å². The molecule has 0 unspecified atom stereocenters. The minimum absolute atomic E-state index is 0.410. The van der Waals surface area contributed by atoms with E-state index in [1.165, 1.54) is 13.8 Å². The number of ether oxygens (including phenoxy) is 1. The molecule has 0 spiro atoms. The van der Waals surface area contributed by atoms with Gasteiger partial charge in [0.15, 0.2) is 0 Å². The third-order valence-corrected chi connectivity index (χ3v) is 2.59. The van der Waals surface area contributed by atoms with Crippen LogP contribution in [-0.4, -0.2) is 24.7 Å². The Balaban J connectivity index is 2.67. The second-order valence-electron chi connectivity index (χ2n) is 4.23. The molecule has 1 heterocycles. The van der Waals surface area contributed by atoms with Gasteiger partial charge in [0.25, 0.3) is 5.92 Å². The summed E-state index contributed by atoms with van der Waals surface area (Å²) in [7, 11) is 0. The van der Waals surface area contributed by atoms with Crippen LogP contribution < -0.4 is 5.73 Å². The molecule has 0 atom stereocenters. The molecule has 0 bridgehead atoms. The van der Waals surface area contributed by atoms with Gasteiger partial charge < -0.3 is 10.5 Å². The Morgan fingerprint density at radius 2 is 1.69 bits per heavy atom. The Bertz CT molecular complexity index is 171. The number of halogens is 2. The van der Waals surface area contributed by atoms with Gasteiger partial charge in [-0.05, 0) is 26.7 Å².